The Morgan fingerprint density at radius 2 is 1.81 bits per heavy atom. The molecule has 2 nitrogen and oxygen atoms in total. The van der Waals surface area contributed by atoms with Crippen molar-refractivity contribution in [3.05, 3.63) is 0 Å². The summed E-state index contributed by atoms with van der Waals surface area (Å²) < 4.78 is 5.82. The van der Waals surface area contributed by atoms with Gasteiger partial charge in [0.25, 0.3) is 0 Å². The van der Waals surface area contributed by atoms with Gasteiger partial charge >= 0.3 is 0 Å². The third kappa shape index (κ3) is 3.46. The summed E-state index contributed by atoms with van der Waals surface area (Å²) in [6.45, 7) is 6.87. The summed E-state index contributed by atoms with van der Waals surface area (Å²) in [5.41, 5.74) is 0. The summed E-state index contributed by atoms with van der Waals surface area (Å²) in [6.07, 6.45) is 9.20. The minimum atomic E-state index is 0.480. The normalized spacial score (nSPS) is 40.1. The molecule has 2 fully saturated rings. The maximum absolute atomic E-state index is 5.82. The Bertz CT molecular complexity index is 207. The third-order valence-corrected chi connectivity index (χ3v) is 4.39. The molecular formula is C14H27NO. The molecule has 0 spiro atoms. The molecule has 1 aliphatic carbocycles. The fraction of sp³-hybridized carbons (Fsp3) is 1.00. The van der Waals surface area contributed by atoms with Crippen LogP contribution in [-0.2, 0) is 4.74 Å². The highest BCUT2D eigenvalue weighted by Gasteiger charge is 2.23. The summed E-state index contributed by atoms with van der Waals surface area (Å²) >= 11 is 0. The van der Waals surface area contributed by atoms with E-state index in [1.165, 1.54) is 45.1 Å². The zero-order valence-electron chi connectivity index (χ0n) is 10.9. The first kappa shape index (κ1) is 12.4. The van der Waals surface area contributed by atoms with Gasteiger partial charge in [-0.05, 0) is 44.6 Å². The predicted octanol–water partition coefficient (Wildman–Crippen LogP) is 2.97. The highest BCUT2D eigenvalue weighted by atomic mass is 16.5. The Labute approximate surface area is 100 Å². The van der Waals surface area contributed by atoms with Gasteiger partial charge in [-0.15, -0.1) is 0 Å². The Kier molecular flexibility index (Phi) is 4.66. The van der Waals surface area contributed by atoms with Gasteiger partial charge in [-0.3, -0.25) is 0 Å². The summed E-state index contributed by atoms with van der Waals surface area (Å²) in [6, 6.07) is 0. The van der Waals surface area contributed by atoms with E-state index in [-0.39, 0.29) is 0 Å². The van der Waals surface area contributed by atoms with Crippen molar-refractivity contribution in [1.29, 1.82) is 0 Å². The zero-order chi connectivity index (χ0) is 11.4. The van der Waals surface area contributed by atoms with E-state index in [0.717, 1.165) is 18.4 Å². The number of ether oxygens (including phenoxy) is 1. The standard InChI is InChI=1S/C14H27NO/c1-11-5-3-4-6-13(11)9-15-10-14-8-7-12(2)16-14/h11-15H,3-10H2,1-2H3. The highest BCUT2D eigenvalue weighted by Crippen LogP contribution is 2.29. The second-order valence-electron chi connectivity index (χ2n) is 5.83. The van der Waals surface area contributed by atoms with Crippen LogP contribution in [0, 0.1) is 11.8 Å². The van der Waals surface area contributed by atoms with Gasteiger partial charge < -0.3 is 10.1 Å². The molecule has 2 heteroatoms. The molecule has 16 heavy (non-hydrogen) atoms. The lowest BCUT2D eigenvalue weighted by Crippen LogP contribution is -2.34. The molecule has 1 N–H and O–H groups in total. The van der Waals surface area contributed by atoms with Crippen LogP contribution in [0.3, 0.4) is 0 Å². The van der Waals surface area contributed by atoms with E-state index in [9.17, 15) is 0 Å². The quantitative estimate of drug-likeness (QED) is 0.794. The van der Waals surface area contributed by atoms with E-state index in [2.05, 4.69) is 19.2 Å². The van der Waals surface area contributed by atoms with E-state index < -0.39 is 0 Å². The van der Waals surface area contributed by atoms with E-state index >= 15 is 0 Å². The fourth-order valence-corrected chi connectivity index (χ4v) is 3.16. The number of hydrogen-bond donors (Lipinski definition) is 1. The summed E-state index contributed by atoms with van der Waals surface area (Å²) in [7, 11) is 0. The Morgan fingerprint density at radius 1 is 1.00 bits per heavy atom. The van der Waals surface area contributed by atoms with E-state index in [1.54, 1.807) is 0 Å². The zero-order valence-corrected chi connectivity index (χ0v) is 10.9. The van der Waals surface area contributed by atoms with Crippen molar-refractivity contribution in [3.63, 3.8) is 0 Å². The topological polar surface area (TPSA) is 21.3 Å². The Hall–Kier alpha value is -0.0800. The third-order valence-electron chi connectivity index (χ3n) is 4.39. The second kappa shape index (κ2) is 6.02. The van der Waals surface area contributed by atoms with Crippen LogP contribution in [0.25, 0.3) is 0 Å². The molecule has 0 aromatic rings. The molecule has 1 aliphatic heterocycles. The van der Waals surface area contributed by atoms with Crippen molar-refractivity contribution in [3.8, 4) is 0 Å². The van der Waals surface area contributed by atoms with Crippen molar-refractivity contribution in [2.45, 2.75) is 64.6 Å². The first-order chi connectivity index (χ1) is 7.75. The van der Waals surface area contributed by atoms with Crippen LogP contribution in [0.5, 0.6) is 0 Å². The predicted molar refractivity (Wildman–Crippen MR) is 67.6 cm³/mol. The van der Waals surface area contributed by atoms with Crippen LogP contribution in [0.4, 0.5) is 0 Å². The molecule has 0 aromatic carbocycles. The monoisotopic (exact) mass is 225 g/mol. The van der Waals surface area contributed by atoms with Crippen LogP contribution in [0.2, 0.25) is 0 Å². The maximum Gasteiger partial charge on any atom is 0.0704 e. The first-order valence-electron chi connectivity index (χ1n) is 7.12. The van der Waals surface area contributed by atoms with Crippen molar-refractivity contribution in [1.82, 2.24) is 5.32 Å². The van der Waals surface area contributed by atoms with E-state index in [4.69, 9.17) is 4.74 Å². The average molecular weight is 225 g/mol. The summed E-state index contributed by atoms with van der Waals surface area (Å²) in [5.74, 6) is 1.83. The smallest absolute Gasteiger partial charge is 0.0704 e. The summed E-state index contributed by atoms with van der Waals surface area (Å²) in [4.78, 5) is 0. The minimum absolute atomic E-state index is 0.480. The number of hydrogen-bond acceptors (Lipinski definition) is 2. The van der Waals surface area contributed by atoms with Gasteiger partial charge in [0.05, 0.1) is 12.2 Å². The van der Waals surface area contributed by atoms with Crippen LogP contribution in [0.1, 0.15) is 52.4 Å². The molecule has 0 radical (unpaired) electrons. The van der Waals surface area contributed by atoms with Crippen LogP contribution < -0.4 is 5.32 Å². The number of rotatable bonds is 4. The van der Waals surface area contributed by atoms with Crippen LogP contribution >= 0.6 is 0 Å². The lowest BCUT2D eigenvalue weighted by Gasteiger charge is -2.29. The lowest BCUT2D eigenvalue weighted by atomic mass is 9.80. The van der Waals surface area contributed by atoms with Gasteiger partial charge in [0.1, 0.15) is 0 Å². The number of nitrogens with one attached hydrogen (secondary N) is 1. The largest absolute Gasteiger partial charge is 0.374 e. The lowest BCUT2D eigenvalue weighted by molar-refractivity contribution is 0.0547. The molecule has 2 rings (SSSR count). The second-order valence-corrected chi connectivity index (χ2v) is 5.83. The first-order valence-corrected chi connectivity index (χ1v) is 7.12. The van der Waals surface area contributed by atoms with Gasteiger partial charge in [-0.25, -0.2) is 0 Å². The molecule has 0 aromatic heterocycles. The molecule has 1 heterocycles. The van der Waals surface area contributed by atoms with E-state index in [0.29, 0.717) is 12.2 Å². The average Bonchev–Trinajstić information content (AvgIpc) is 2.67. The van der Waals surface area contributed by atoms with Crippen LogP contribution in [-0.4, -0.2) is 25.3 Å². The van der Waals surface area contributed by atoms with Gasteiger partial charge in [0.2, 0.25) is 0 Å². The van der Waals surface area contributed by atoms with Crippen molar-refractivity contribution in [2.75, 3.05) is 13.1 Å². The molecule has 1 saturated heterocycles. The van der Waals surface area contributed by atoms with Crippen molar-refractivity contribution >= 4 is 0 Å². The molecule has 0 amide bonds. The maximum atomic E-state index is 5.82. The van der Waals surface area contributed by atoms with Gasteiger partial charge in [-0.2, -0.15) is 0 Å². The van der Waals surface area contributed by atoms with E-state index in [1.807, 2.05) is 0 Å². The molecule has 1 saturated carbocycles. The van der Waals surface area contributed by atoms with Crippen molar-refractivity contribution < 1.29 is 4.74 Å². The molecule has 2 aliphatic rings. The minimum Gasteiger partial charge on any atom is -0.374 e. The Morgan fingerprint density at radius 3 is 2.50 bits per heavy atom. The van der Waals surface area contributed by atoms with Gasteiger partial charge in [-0.1, -0.05) is 26.2 Å². The highest BCUT2D eigenvalue weighted by molar-refractivity contribution is 4.77. The van der Waals surface area contributed by atoms with Crippen LogP contribution in [0.15, 0.2) is 0 Å². The summed E-state index contributed by atoms with van der Waals surface area (Å²) in [5, 5.41) is 3.62. The molecule has 0 bridgehead atoms. The Balaban J connectivity index is 1.60. The van der Waals surface area contributed by atoms with Gasteiger partial charge in [0, 0.05) is 6.54 Å². The van der Waals surface area contributed by atoms with Gasteiger partial charge in [0.15, 0.2) is 0 Å². The molecular weight excluding hydrogens is 198 g/mol. The molecule has 4 atom stereocenters. The van der Waals surface area contributed by atoms with Crippen molar-refractivity contribution in [2.24, 2.45) is 11.8 Å². The fourth-order valence-electron chi connectivity index (χ4n) is 3.16. The molecule has 94 valence electrons. The SMILES string of the molecule is CC1CCC(CNCC2CCCCC2C)O1. The molecule has 4 unspecified atom stereocenters.